The molecular formula is C25H30N2O3S. The maximum Gasteiger partial charge on any atom is 0.308 e. The molecule has 1 fully saturated rings. The van der Waals surface area contributed by atoms with Crippen LogP contribution in [0.15, 0.2) is 58.3 Å². The third kappa shape index (κ3) is 5.06. The third-order valence-electron chi connectivity index (χ3n) is 6.49. The molecule has 31 heavy (non-hydrogen) atoms. The van der Waals surface area contributed by atoms with Crippen molar-refractivity contribution in [2.75, 3.05) is 18.1 Å². The number of hydrogen-bond acceptors (Lipinski definition) is 5. The Balaban J connectivity index is 1.31. The van der Waals surface area contributed by atoms with Crippen molar-refractivity contribution in [2.45, 2.75) is 55.4 Å². The largest absolute Gasteiger partial charge is 0.456 e. The molecule has 1 amide bonds. The summed E-state index contributed by atoms with van der Waals surface area (Å²) < 4.78 is 5.29. The summed E-state index contributed by atoms with van der Waals surface area (Å²) in [6.07, 6.45) is 3.56. The predicted octanol–water partition coefficient (Wildman–Crippen LogP) is 5.16. The molecule has 0 aromatic heterocycles. The van der Waals surface area contributed by atoms with Gasteiger partial charge in [0.15, 0.2) is 6.61 Å². The number of anilines is 2. The topological polar surface area (TPSA) is 58.6 Å². The summed E-state index contributed by atoms with van der Waals surface area (Å²) in [5.41, 5.74) is 2.19. The van der Waals surface area contributed by atoms with Crippen molar-refractivity contribution in [1.29, 1.82) is 0 Å². The standard InChI is InChI=1S/C25H30N2O3S/c1-17-8-7-9-19(18(17)2)26-24(28)16-30-25(29)14-15-27-20-10-3-5-12-22(20)31-23-13-6-4-11-21(23)27/h3-6,10-13,17-19H,7-9,14-16H2,1-2H3,(H,26,28)/t17-,18+,19-/m1/s1. The number of hydrogen-bond donors (Lipinski definition) is 1. The molecule has 0 spiro atoms. The summed E-state index contributed by atoms with van der Waals surface area (Å²) in [6.45, 7) is 4.72. The van der Waals surface area contributed by atoms with Gasteiger partial charge in [0, 0.05) is 22.4 Å². The SMILES string of the molecule is C[C@H]1[C@H](C)CCC[C@H]1NC(=O)COC(=O)CCN1c2ccccc2Sc2ccccc21. The van der Waals surface area contributed by atoms with Gasteiger partial charge >= 0.3 is 5.97 Å². The monoisotopic (exact) mass is 438 g/mol. The average Bonchev–Trinajstić information content (AvgIpc) is 2.78. The van der Waals surface area contributed by atoms with Crippen LogP contribution in [0.4, 0.5) is 11.4 Å². The van der Waals surface area contributed by atoms with Gasteiger partial charge in [-0.1, -0.05) is 62.7 Å². The quantitative estimate of drug-likeness (QED) is 0.631. The smallest absolute Gasteiger partial charge is 0.308 e. The zero-order chi connectivity index (χ0) is 21.8. The number of carbonyl (C=O) groups excluding carboxylic acids is 2. The van der Waals surface area contributed by atoms with Crippen LogP contribution in [0.25, 0.3) is 0 Å². The van der Waals surface area contributed by atoms with E-state index >= 15 is 0 Å². The van der Waals surface area contributed by atoms with Crippen LogP contribution in [-0.2, 0) is 14.3 Å². The van der Waals surface area contributed by atoms with E-state index in [-0.39, 0.29) is 30.9 Å². The third-order valence-corrected chi connectivity index (χ3v) is 7.62. The van der Waals surface area contributed by atoms with Gasteiger partial charge in [-0.2, -0.15) is 0 Å². The maximum atomic E-state index is 12.4. The lowest BCUT2D eigenvalue weighted by Gasteiger charge is -2.34. The molecule has 4 rings (SSSR count). The summed E-state index contributed by atoms with van der Waals surface area (Å²) in [5, 5.41) is 3.06. The summed E-state index contributed by atoms with van der Waals surface area (Å²) in [4.78, 5) is 29.2. The van der Waals surface area contributed by atoms with Gasteiger partial charge in [0.25, 0.3) is 5.91 Å². The van der Waals surface area contributed by atoms with Crippen LogP contribution in [0.3, 0.4) is 0 Å². The Labute approximate surface area is 188 Å². The number of fused-ring (bicyclic) bond motifs is 2. The highest BCUT2D eigenvalue weighted by molar-refractivity contribution is 7.99. The molecule has 6 heteroatoms. The van der Waals surface area contributed by atoms with E-state index in [9.17, 15) is 9.59 Å². The highest BCUT2D eigenvalue weighted by Crippen LogP contribution is 2.47. The number of ether oxygens (including phenoxy) is 1. The van der Waals surface area contributed by atoms with Crippen LogP contribution in [0.2, 0.25) is 0 Å². The first-order chi connectivity index (χ1) is 15.0. The summed E-state index contributed by atoms with van der Waals surface area (Å²) in [7, 11) is 0. The lowest BCUT2D eigenvalue weighted by atomic mass is 9.78. The van der Waals surface area contributed by atoms with Crippen molar-refractivity contribution in [3.05, 3.63) is 48.5 Å². The van der Waals surface area contributed by atoms with Gasteiger partial charge in [0.1, 0.15) is 0 Å². The van der Waals surface area contributed by atoms with Crippen LogP contribution >= 0.6 is 11.8 Å². The molecule has 1 aliphatic carbocycles. The molecule has 2 aromatic carbocycles. The van der Waals surface area contributed by atoms with E-state index in [1.165, 1.54) is 16.2 Å². The first kappa shape index (κ1) is 21.8. The van der Waals surface area contributed by atoms with Gasteiger partial charge in [-0.25, -0.2) is 0 Å². The number of benzene rings is 2. The molecule has 0 saturated heterocycles. The van der Waals surface area contributed by atoms with Gasteiger partial charge in [0.05, 0.1) is 17.8 Å². The van der Waals surface area contributed by atoms with E-state index in [2.05, 4.69) is 48.3 Å². The zero-order valence-corrected chi connectivity index (χ0v) is 19.0. The van der Waals surface area contributed by atoms with E-state index in [1.807, 2.05) is 24.3 Å². The van der Waals surface area contributed by atoms with E-state index in [4.69, 9.17) is 4.74 Å². The summed E-state index contributed by atoms with van der Waals surface area (Å²) in [5.74, 6) is 0.498. The molecule has 2 aliphatic rings. The highest BCUT2D eigenvalue weighted by Gasteiger charge is 2.28. The fourth-order valence-corrected chi connectivity index (χ4v) is 5.57. The minimum Gasteiger partial charge on any atom is -0.456 e. The fraction of sp³-hybridized carbons (Fsp3) is 0.440. The minimum atomic E-state index is -0.353. The molecule has 1 saturated carbocycles. The molecular weight excluding hydrogens is 408 g/mol. The molecule has 0 bridgehead atoms. The molecule has 1 N–H and O–H groups in total. The normalized spacial score (nSPS) is 22.3. The summed E-state index contributed by atoms with van der Waals surface area (Å²) >= 11 is 1.74. The molecule has 1 heterocycles. The van der Waals surface area contributed by atoms with Gasteiger partial charge in [-0.05, 0) is 42.5 Å². The van der Waals surface area contributed by atoms with Crippen molar-refractivity contribution in [2.24, 2.45) is 11.8 Å². The number of rotatable bonds is 6. The second-order valence-electron chi connectivity index (χ2n) is 8.54. The number of esters is 1. The molecule has 5 nitrogen and oxygen atoms in total. The zero-order valence-electron chi connectivity index (χ0n) is 18.2. The maximum absolute atomic E-state index is 12.4. The second-order valence-corrected chi connectivity index (χ2v) is 9.62. The Bertz CT molecular complexity index is 902. The van der Waals surface area contributed by atoms with Gasteiger partial charge < -0.3 is 15.0 Å². The Morgan fingerprint density at radius 3 is 2.35 bits per heavy atom. The van der Waals surface area contributed by atoms with Crippen LogP contribution in [0.1, 0.15) is 39.5 Å². The Hall–Kier alpha value is -2.47. The van der Waals surface area contributed by atoms with E-state index in [0.29, 0.717) is 18.4 Å². The highest BCUT2D eigenvalue weighted by atomic mass is 32.2. The lowest BCUT2D eigenvalue weighted by molar-refractivity contribution is -0.148. The number of nitrogens with zero attached hydrogens (tertiary/aromatic N) is 1. The van der Waals surface area contributed by atoms with Gasteiger partial charge in [-0.3, -0.25) is 9.59 Å². The number of nitrogens with one attached hydrogen (secondary N) is 1. The van der Waals surface area contributed by atoms with Crippen molar-refractivity contribution < 1.29 is 14.3 Å². The Kier molecular flexibility index (Phi) is 6.86. The molecule has 0 unspecified atom stereocenters. The average molecular weight is 439 g/mol. The Morgan fingerprint density at radius 2 is 1.68 bits per heavy atom. The summed E-state index contributed by atoms with van der Waals surface area (Å²) in [6, 6.07) is 16.6. The van der Waals surface area contributed by atoms with Crippen LogP contribution in [0, 0.1) is 11.8 Å². The first-order valence-corrected chi connectivity index (χ1v) is 11.9. The number of carbonyl (C=O) groups is 2. The number of amides is 1. The van der Waals surface area contributed by atoms with Gasteiger partial charge in [0.2, 0.25) is 0 Å². The molecule has 2 aromatic rings. The first-order valence-electron chi connectivity index (χ1n) is 11.1. The van der Waals surface area contributed by atoms with Crippen molar-refractivity contribution >= 4 is 35.0 Å². The van der Waals surface area contributed by atoms with E-state index in [0.717, 1.165) is 24.2 Å². The predicted molar refractivity (Wildman–Crippen MR) is 124 cm³/mol. The number of para-hydroxylation sites is 2. The van der Waals surface area contributed by atoms with E-state index in [1.54, 1.807) is 11.8 Å². The van der Waals surface area contributed by atoms with Crippen LogP contribution < -0.4 is 10.2 Å². The fourth-order valence-electron chi connectivity index (χ4n) is 4.48. The van der Waals surface area contributed by atoms with Gasteiger partial charge in [-0.15, -0.1) is 0 Å². The van der Waals surface area contributed by atoms with Crippen molar-refractivity contribution in [3.63, 3.8) is 0 Å². The lowest BCUT2D eigenvalue weighted by Crippen LogP contribution is -2.45. The van der Waals surface area contributed by atoms with Crippen molar-refractivity contribution in [3.8, 4) is 0 Å². The molecule has 0 radical (unpaired) electrons. The molecule has 1 aliphatic heterocycles. The van der Waals surface area contributed by atoms with Crippen molar-refractivity contribution in [1.82, 2.24) is 5.32 Å². The molecule has 164 valence electrons. The van der Waals surface area contributed by atoms with Crippen LogP contribution in [-0.4, -0.2) is 31.1 Å². The molecule has 3 atom stereocenters. The van der Waals surface area contributed by atoms with Crippen LogP contribution in [0.5, 0.6) is 0 Å². The second kappa shape index (κ2) is 9.77. The minimum absolute atomic E-state index is 0.175. The Morgan fingerprint density at radius 1 is 1.03 bits per heavy atom. The van der Waals surface area contributed by atoms with E-state index < -0.39 is 0 Å².